The summed E-state index contributed by atoms with van der Waals surface area (Å²) in [6.45, 7) is 13.2. The zero-order chi connectivity index (χ0) is 13.1. The van der Waals surface area contributed by atoms with E-state index in [1.165, 1.54) is 38.8 Å². The third-order valence-electron chi connectivity index (χ3n) is 5.12. The summed E-state index contributed by atoms with van der Waals surface area (Å²) in [6.07, 6.45) is 5.97. The first-order valence-corrected chi connectivity index (χ1v) is 8.03. The van der Waals surface area contributed by atoms with E-state index >= 15 is 0 Å². The van der Waals surface area contributed by atoms with Crippen molar-refractivity contribution in [1.82, 2.24) is 10.2 Å². The first-order valence-electron chi connectivity index (χ1n) is 8.03. The molecule has 4 atom stereocenters. The highest BCUT2D eigenvalue weighted by atomic mass is 15.2. The van der Waals surface area contributed by atoms with Crippen molar-refractivity contribution in [2.45, 2.75) is 65.5 Å². The molecule has 2 bridgehead atoms. The molecule has 2 rings (SSSR count). The Kier molecular flexibility index (Phi) is 5.08. The van der Waals surface area contributed by atoms with Gasteiger partial charge in [0.25, 0.3) is 0 Å². The Labute approximate surface area is 114 Å². The van der Waals surface area contributed by atoms with Gasteiger partial charge in [-0.1, -0.05) is 27.2 Å². The molecule has 1 N–H and O–H groups in total. The second kappa shape index (κ2) is 6.38. The molecule has 1 saturated carbocycles. The minimum atomic E-state index is 0.611. The van der Waals surface area contributed by atoms with Crippen molar-refractivity contribution >= 4 is 0 Å². The van der Waals surface area contributed by atoms with Crippen LogP contribution < -0.4 is 5.32 Å². The van der Waals surface area contributed by atoms with Gasteiger partial charge in [0.1, 0.15) is 0 Å². The highest BCUT2D eigenvalue weighted by Gasteiger charge is 2.33. The molecule has 1 aliphatic heterocycles. The average molecular weight is 252 g/mol. The number of rotatable bonds is 5. The molecule has 0 radical (unpaired) electrons. The maximum absolute atomic E-state index is 3.59. The predicted octanol–water partition coefficient (Wildman–Crippen LogP) is 3.13. The largest absolute Gasteiger partial charge is 0.314 e. The Bertz CT molecular complexity index is 239. The normalized spacial score (nSPS) is 32.5. The van der Waals surface area contributed by atoms with Crippen LogP contribution in [0.25, 0.3) is 0 Å². The lowest BCUT2D eigenvalue weighted by atomic mass is 9.77. The monoisotopic (exact) mass is 252 g/mol. The zero-order valence-corrected chi connectivity index (χ0v) is 12.8. The fraction of sp³-hybridized carbons (Fsp3) is 1.00. The molecule has 0 aromatic rings. The van der Waals surface area contributed by atoms with E-state index in [0.29, 0.717) is 6.04 Å². The van der Waals surface area contributed by atoms with Gasteiger partial charge in [-0.15, -0.1) is 0 Å². The summed E-state index contributed by atoms with van der Waals surface area (Å²) in [7, 11) is 0. The predicted molar refractivity (Wildman–Crippen MR) is 78.8 cm³/mol. The van der Waals surface area contributed by atoms with E-state index in [0.717, 1.165) is 30.3 Å². The van der Waals surface area contributed by atoms with Crippen molar-refractivity contribution in [2.24, 2.45) is 17.8 Å². The number of piperidine rings is 1. The molecule has 1 saturated heterocycles. The maximum atomic E-state index is 3.59. The van der Waals surface area contributed by atoms with E-state index in [4.69, 9.17) is 0 Å². The third-order valence-corrected chi connectivity index (χ3v) is 5.12. The van der Waals surface area contributed by atoms with Crippen molar-refractivity contribution in [3.05, 3.63) is 0 Å². The van der Waals surface area contributed by atoms with E-state index in [1.54, 1.807) is 0 Å². The lowest BCUT2D eigenvalue weighted by Gasteiger charge is -2.45. The summed E-state index contributed by atoms with van der Waals surface area (Å²) < 4.78 is 0. The lowest BCUT2D eigenvalue weighted by molar-refractivity contribution is 0.0406. The molecule has 4 unspecified atom stereocenters. The highest BCUT2D eigenvalue weighted by molar-refractivity contribution is 4.87. The summed E-state index contributed by atoms with van der Waals surface area (Å²) in [5.41, 5.74) is 0. The third kappa shape index (κ3) is 3.71. The van der Waals surface area contributed by atoms with Crippen LogP contribution in [0.1, 0.15) is 53.4 Å². The Hall–Kier alpha value is -0.0800. The second-order valence-corrected chi connectivity index (χ2v) is 7.13. The van der Waals surface area contributed by atoms with Crippen molar-refractivity contribution in [3.8, 4) is 0 Å². The molecular weight excluding hydrogens is 220 g/mol. The van der Waals surface area contributed by atoms with Crippen LogP contribution in [0.2, 0.25) is 0 Å². The average Bonchev–Trinajstić information content (AvgIpc) is 2.34. The van der Waals surface area contributed by atoms with Gasteiger partial charge in [-0.25, -0.2) is 0 Å². The van der Waals surface area contributed by atoms with Crippen LogP contribution in [0.15, 0.2) is 0 Å². The number of likely N-dealkylation sites (tertiary alicyclic amines) is 1. The van der Waals surface area contributed by atoms with Crippen molar-refractivity contribution in [2.75, 3.05) is 19.6 Å². The molecule has 2 nitrogen and oxygen atoms in total. The van der Waals surface area contributed by atoms with Gasteiger partial charge in [-0.3, -0.25) is 4.90 Å². The summed E-state index contributed by atoms with van der Waals surface area (Å²) in [5.74, 6) is 2.77. The molecule has 1 heterocycles. The minimum absolute atomic E-state index is 0.611. The molecule has 2 aliphatic rings. The molecule has 106 valence electrons. The number of hydrogen-bond donors (Lipinski definition) is 1. The van der Waals surface area contributed by atoms with Gasteiger partial charge in [0.2, 0.25) is 0 Å². The van der Waals surface area contributed by atoms with Gasteiger partial charge in [-0.05, 0) is 50.5 Å². The molecule has 0 aromatic carbocycles. The first-order chi connectivity index (χ1) is 8.56. The van der Waals surface area contributed by atoms with Gasteiger partial charge < -0.3 is 5.32 Å². The van der Waals surface area contributed by atoms with Crippen LogP contribution in [0, 0.1) is 17.8 Å². The Balaban J connectivity index is 1.82. The van der Waals surface area contributed by atoms with Gasteiger partial charge in [0.15, 0.2) is 0 Å². The molecule has 0 amide bonds. The van der Waals surface area contributed by atoms with Crippen LogP contribution in [0.4, 0.5) is 0 Å². The number of fused-ring (bicyclic) bond motifs is 2. The molecular formula is C16H32N2. The van der Waals surface area contributed by atoms with Gasteiger partial charge in [0.05, 0.1) is 0 Å². The smallest absolute Gasteiger partial charge is 0.0105 e. The van der Waals surface area contributed by atoms with Crippen LogP contribution in [-0.4, -0.2) is 36.6 Å². The van der Waals surface area contributed by atoms with E-state index in [9.17, 15) is 0 Å². The summed E-state index contributed by atoms with van der Waals surface area (Å²) in [5, 5.41) is 3.59. The Morgan fingerprint density at radius 2 is 1.67 bits per heavy atom. The topological polar surface area (TPSA) is 15.3 Å². The zero-order valence-electron chi connectivity index (χ0n) is 12.8. The molecule has 1 aliphatic carbocycles. The van der Waals surface area contributed by atoms with Crippen LogP contribution in [0.3, 0.4) is 0 Å². The van der Waals surface area contributed by atoms with Crippen molar-refractivity contribution in [3.63, 3.8) is 0 Å². The highest BCUT2D eigenvalue weighted by Crippen LogP contribution is 2.35. The van der Waals surface area contributed by atoms with E-state index in [1.807, 2.05) is 0 Å². The summed E-state index contributed by atoms with van der Waals surface area (Å²) >= 11 is 0. The summed E-state index contributed by atoms with van der Waals surface area (Å²) in [4.78, 5) is 2.78. The van der Waals surface area contributed by atoms with Crippen LogP contribution >= 0.6 is 0 Å². The van der Waals surface area contributed by atoms with E-state index in [2.05, 4.69) is 37.9 Å². The fourth-order valence-corrected chi connectivity index (χ4v) is 3.76. The van der Waals surface area contributed by atoms with E-state index < -0.39 is 0 Å². The fourth-order valence-electron chi connectivity index (χ4n) is 3.76. The lowest BCUT2D eigenvalue weighted by Crippen LogP contribution is -2.50. The number of hydrogen-bond acceptors (Lipinski definition) is 2. The quantitative estimate of drug-likeness (QED) is 0.809. The van der Waals surface area contributed by atoms with Crippen molar-refractivity contribution in [1.29, 1.82) is 0 Å². The minimum Gasteiger partial charge on any atom is -0.314 e. The molecule has 2 fully saturated rings. The number of nitrogens with zero attached hydrogens (tertiary/aromatic N) is 1. The van der Waals surface area contributed by atoms with Crippen LogP contribution in [0.5, 0.6) is 0 Å². The van der Waals surface area contributed by atoms with Gasteiger partial charge in [-0.2, -0.15) is 0 Å². The van der Waals surface area contributed by atoms with Gasteiger partial charge >= 0.3 is 0 Å². The molecule has 0 aromatic heterocycles. The molecule has 2 heteroatoms. The number of nitrogens with one attached hydrogen (secondary N) is 1. The second-order valence-electron chi connectivity index (χ2n) is 7.13. The SMILES string of the molecule is CC(C)NCC(C)C(C)N1CC2CCCC(C2)C1. The first kappa shape index (κ1) is 14.3. The standard InChI is InChI=1S/C16H32N2/c1-12(2)17-9-13(3)14(4)18-10-15-6-5-7-16(8-15)11-18/h12-17H,5-11H2,1-4H3. The molecule has 18 heavy (non-hydrogen) atoms. The molecule has 0 spiro atoms. The Morgan fingerprint density at radius 1 is 1.06 bits per heavy atom. The maximum Gasteiger partial charge on any atom is 0.0105 e. The Morgan fingerprint density at radius 3 is 2.22 bits per heavy atom. The van der Waals surface area contributed by atoms with Crippen molar-refractivity contribution < 1.29 is 0 Å². The van der Waals surface area contributed by atoms with Gasteiger partial charge in [0, 0.05) is 25.2 Å². The van der Waals surface area contributed by atoms with Crippen LogP contribution in [-0.2, 0) is 0 Å². The van der Waals surface area contributed by atoms with E-state index in [-0.39, 0.29) is 0 Å². The summed E-state index contributed by atoms with van der Waals surface area (Å²) in [6, 6.07) is 1.35.